The van der Waals surface area contributed by atoms with E-state index in [0.29, 0.717) is 16.9 Å². The number of carbonyl (C=O) groups is 1. The van der Waals surface area contributed by atoms with E-state index in [2.05, 4.69) is 19.9 Å². The summed E-state index contributed by atoms with van der Waals surface area (Å²) in [6.45, 7) is 6.36. The SMILES string of the molecule is CCS(=O)(=O)N(Cc1ccc(C(=O)OC)cn1)c1cccc(CN2CCNCC2)c1. The molecule has 0 bridgehead atoms. The Labute approximate surface area is 177 Å². The van der Waals surface area contributed by atoms with Crippen LogP contribution in [0, 0.1) is 0 Å². The van der Waals surface area contributed by atoms with Gasteiger partial charge in [0, 0.05) is 38.9 Å². The summed E-state index contributed by atoms with van der Waals surface area (Å²) in [6, 6.07) is 10.9. The van der Waals surface area contributed by atoms with Crippen molar-refractivity contribution in [1.29, 1.82) is 0 Å². The van der Waals surface area contributed by atoms with Crippen molar-refractivity contribution in [3.05, 3.63) is 59.4 Å². The summed E-state index contributed by atoms with van der Waals surface area (Å²) in [5, 5.41) is 3.33. The molecule has 3 rings (SSSR count). The van der Waals surface area contributed by atoms with Crippen LogP contribution < -0.4 is 9.62 Å². The van der Waals surface area contributed by atoms with Gasteiger partial charge < -0.3 is 10.1 Å². The first kappa shape index (κ1) is 22.2. The fraction of sp³-hybridized carbons (Fsp3) is 0.429. The van der Waals surface area contributed by atoms with Gasteiger partial charge in [-0.15, -0.1) is 0 Å². The van der Waals surface area contributed by atoms with Gasteiger partial charge in [-0.25, -0.2) is 13.2 Å². The minimum Gasteiger partial charge on any atom is -0.465 e. The summed E-state index contributed by atoms with van der Waals surface area (Å²) in [4.78, 5) is 18.2. The number of carbonyl (C=O) groups excluding carboxylic acids is 1. The number of aromatic nitrogens is 1. The lowest BCUT2D eigenvalue weighted by Gasteiger charge is -2.28. The van der Waals surface area contributed by atoms with Crippen molar-refractivity contribution in [2.75, 3.05) is 43.3 Å². The molecule has 0 saturated carbocycles. The maximum absolute atomic E-state index is 12.8. The van der Waals surface area contributed by atoms with Crippen LogP contribution in [0.3, 0.4) is 0 Å². The number of hydrogen-bond acceptors (Lipinski definition) is 7. The predicted molar refractivity (Wildman–Crippen MR) is 116 cm³/mol. The Balaban J connectivity index is 1.83. The molecular weight excluding hydrogens is 404 g/mol. The summed E-state index contributed by atoms with van der Waals surface area (Å²) in [5.41, 5.74) is 2.55. The van der Waals surface area contributed by atoms with E-state index >= 15 is 0 Å². The summed E-state index contributed by atoms with van der Waals surface area (Å²) < 4.78 is 31.7. The number of hydrogen-bond donors (Lipinski definition) is 1. The van der Waals surface area contributed by atoms with Gasteiger partial charge in [0.15, 0.2) is 0 Å². The van der Waals surface area contributed by atoms with Crippen LogP contribution in [-0.2, 0) is 27.8 Å². The van der Waals surface area contributed by atoms with Crippen molar-refractivity contribution in [3.63, 3.8) is 0 Å². The predicted octanol–water partition coefficient (Wildman–Crippen LogP) is 1.63. The number of rotatable bonds is 8. The zero-order valence-electron chi connectivity index (χ0n) is 17.4. The van der Waals surface area contributed by atoms with Gasteiger partial charge in [-0.3, -0.25) is 14.2 Å². The molecule has 8 nitrogen and oxygen atoms in total. The molecule has 1 N–H and O–H groups in total. The number of anilines is 1. The molecule has 2 aromatic rings. The Morgan fingerprint density at radius 2 is 2.00 bits per heavy atom. The first-order valence-corrected chi connectivity index (χ1v) is 11.6. The highest BCUT2D eigenvalue weighted by Gasteiger charge is 2.22. The quantitative estimate of drug-likeness (QED) is 0.634. The van der Waals surface area contributed by atoms with Crippen LogP contribution in [0.25, 0.3) is 0 Å². The maximum atomic E-state index is 12.8. The second-order valence-electron chi connectivity index (χ2n) is 7.13. The highest BCUT2D eigenvalue weighted by Crippen LogP contribution is 2.23. The second kappa shape index (κ2) is 10.0. The van der Waals surface area contributed by atoms with Crippen molar-refractivity contribution in [3.8, 4) is 0 Å². The van der Waals surface area contributed by atoms with Crippen LogP contribution >= 0.6 is 0 Å². The molecule has 1 saturated heterocycles. The van der Waals surface area contributed by atoms with E-state index in [1.165, 1.54) is 17.6 Å². The lowest BCUT2D eigenvalue weighted by atomic mass is 10.1. The van der Waals surface area contributed by atoms with E-state index < -0.39 is 16.0 Å². The van der Waals surface area contributed by atoms with E-state index in [1.807, 2.05) is 18.2 Å². The summed E-state index contributed by atoms with van der Waals surface area (Å²) in [7, 11) is -2.21. The largest absolute Gasteiger partial charge is 0.465 e. The van der Waals surface area contributed by atoms with Gasteiger partial charge in [0.05, 0.1) is 36.4 Å². The molecule has 1 aliphatic rings. The minimum atomic E-state index is -3.51. The van der Waals surface area contributed by atoms with Crippen LogP contribution in [0.2, 0.25) is 0 Å². The van der Waals surface area contributed by atoms with Gasteiger partial charge in [-0.05, 0) is 36.8 Å². The molecule has 1 aromatic heterocycles. The number of methoxy groups -OCH3 is 1. The number of nitrogens with zero attached hydrogens (tertiary/aromatic N) is 3. The normalized spacial score (nSPS) is 15.0. The van der Waals surface area contributed by atoms with Gasteiger partial charge in [-0.1, -0.05) is 12.1 Å². The van der Waals surface area contributed by atoms with E-state index in [9.17, 15) is 13.2 Å². The maximum Gasteiger partial charge on any atom is 0.339 e. The van der Waals surface area contributed by atoms with Crippen LogP contribution in [0.15, 0.2) is 42.6 Å². The lowest BCUT2D eigenvalue weighted by Crippen LogP contribution is -2.42. The van der Waals surface area contributed by atoms with Crippen LogP contribution in [-0.4, -0.2) is 63.3 Å². The van der Waals surface area contributed by atoms with Gasteiger partial charge in [-0.2, -0.15) is 0 Å². The zero-order chi connectivity index (χ0) is 21.6. The molecule has 162 valence electrons. The van der Waals surface area contributed by atoms with Crippen molar-refractivity contribution in [2.45, 2.75) is 20.0 Å². The van der Waals surface area contributed by atoms with Gasteiger partial charge in [0.1, 0.15) is 0 Å². The average Bonchev–Trinajstić information content (AvgIpc) is 2.78. The van der Waals surface area contributed by atoms with Gasteiger partial charge >= 0.3 is 5.97 Å². The summed E-state index contributed by atoms with van der Waals surface area (Å²) >= 11 is 0. The molecule has 1 fully saturated rings. The molecule has 30 heavy (non-hydrogen) atoms. The van der Waals surface area contributed by atoms with Crippen molar-refractivity contribution >= 4 is 21.7 Å². The molecule has 1 aliphatic heterocycles. The number of nitrogens with one attached hydrogen (secondary N) is 1. The Hall–Kier alpha value is -2.49. The van der Waals surface area contributed by atoms with E-state index in [-0.39, 0.29) is 12.3 Å². The standard InChI is InChI=1S/C21H28N4O4S/c1-3-30(27,28)25(16-19-8-7-18(14-23-19)21(26)29-2)20-6-4-5-17(13-20)15-24-11-9-22-10-12-24/h4-8,13-14,22H,3,9-12,15-16H2,1-2H3. The second-order valence-corrected chi connectivity index (χ2v) is 9.31. The van der Waals surface area contributed by atoms with Crippen molar-refractivity contribution in [2.24, 2.45) is 0 Å². The monoisotopic (exact) mass is 432 g/mol. The highest BCUT2D eigenvalue weighted by molar-refractivity contribution is 7.92. The molecule has 1 aromatic carbocycles. The first-order chi connectivity index (χ1) is 14.4. The minimum absolute atomic E-state index is 0.0186. The van der Waals surface area contributed by atoms with Crippen LogP contribution in [0.5, 0.6) is 0 Å². The fourth-order valence-electron chi connectivity index (χ4n) is 3.35. The molecule has 0 amide bonds. The van der Waals surface area contributed by atoms with Crippen LogP contribution in [0.1, 0.15) is 28.5 Å². The van der Waals surface area contributed by atoms with Crippen molar-refractivity contribution < 1.29 is 17.9 Å². The molecule has 0 spiro atoms. The van der Waals surface area contributed by atoms with Crippen molar-refractivity contribution in [1.82, 2.24) is 15.2 Å². The Morgan fingerprint density at radius 3 is 2.63 bits per heavy atom. The summed E-state index contributed by atoms with van der Waals surface area (Å²) in [5.74, 6) is -0.498. The molecule has 9 heteroatoms. The third kappa shape index (κ3) is 5.56. The number of sulfonamides is 1. The third-order valence-electron chi connectivity index (χ3n) is 5.07. The van der Waals surface area contributed by atoms with E-state index in [0.717, 1.165) is 38.3 Å². The molecule has 0 aliphatic carbocycles. The van der Waals surface area contributed by atoms with Gasteiger partial charge in [0.25, 0.3) is 0 Å². The molecular formula is C21H28N4O4S. The molecule has 0 atom stereocenters. The molecule has 2 heterocycles. The smallest absolute Gasteiger partial charge is 0.339 e. The average molecular weight is 433 g/mol. The zero-order valence-corrected chi connectivity index (χ0v) is 18.2. The molecule has 0 radical (unpaired) electrons. The Bertz CT molecular complexity index is 957. The number of ether oxygens (including phenoxy) is 1. The topological polar surface area (TPSA) is 91.8 Å². The number of piperazine rings is 1. The third-order valence-corrected chi connectivity index (χ3v) is 6.81. The fourth-order valence-corrected chi connectivity index (χ4v) is 4.42. The highest BCUT2D eigenvalue weighted by atomic mass is 32.2. The lowest BCUT2D eigenvalue weighted by molar-refractivity contribution is 0.0600. The first-order valence-electron chi connectivity index (χ1n) is 9.98. The van der Waals surface area contributed by atoms with E-state index in [1.54, 1.807) is 25.1 Å². The summed E-state index contributed by atoms with van der Waals surface area (Å²) in [6.07, 6.45) is 1.40. The van der Waals surface area contributed by atoms with E-state index in [4.69, 9.17) is 0 Å². The number of pyridine rings is 1. The van der Waals surface area contributed by atoms with Crippen LogP contribution in [0.4, 0.5) is 5.69 Å². The molecule has 0 unspecified atom stereocenters. The Morgan fingerprint density at radius 1 is 1.23 bits per heavy atom. The van der Waals surface area contributed by atoms with Gasteiger partial charge in [0.2, 0.25) is 10.0 Å². The number of benzene rings is 1. The number of esters is 1. The Kier molecular flexibility index (Phi) is 7.41.